The average Bonchev–Trinajstić information content (AvgIpc) is 3.42. The molecule has 37 heavy (non-hydrogen) atoms. The van der Waals surface area contributed by atoms with Crippen molar-refractivity contribution in [3.63, 3.8) is 0 Å². The molecule has 10 nitrogen and oxygen atoms in total. The standard InChI is InChI=1S/C23H24F4N8O2/c1-13(36)33-9-6-18(23(26,27)12-33)28-22-29-21(37-2)20-19(15(25)11-35(20)31-22)14-4-5-16-17(10-14)34(32-30-16)8-3-7-24/h4-5,10-11,18H,3,6-9,12H2,1-2H3,(H,28,31)/t18-/m1/s1. The van der Waals surface area contributed by atoms with Gasteiger partial charge in [-0.1, -0.05) is 11.3 Å². The smallest absolute Gasteiger partial charge is 0.285 e. The Morgan fingerprint density at radius 2 is 2.14 bits per heavy atom. The Labute approximate surface area is 208 Å². The first-order chi connectivity index (χ1) is 17.7. The molecule has 5 rings (SSSR count). The first-order valence-corrected chi connectivity index (χ1v) is 11.6. The lowest BCUT2D eigenvalue weighted by Gasteiger charge is -2.38. The molecule has 1 amide bonds. The average molecular weight is 520 g/mol. The number of ether oxygens (including phenoxy) is 1. The van der Waals surface area contributed by atoms with Crippen LogP contribution in [0.1, 0.15) is 19.8 Å². The second-order valence-electron chi connectivity index (χ2n) is 8.84. The van der Waals surface area contributed by atoms with E-state index in [4.69, 9.17) is 4.74 Å². The summed E-state index contributed by atoms with van der Waals surface area (Å²) in [5.41, 5.74) is 1.97. The molecule has 1 saturated heterocycles. The van der Waals surface area contributed by atoms with Crippen molar-refractivity contribution >= 4 is 28.4 Å². The van der Waals surface area contributed by atoms with Crippen LogP contribution in [0.4, 0.5) is 23.5 Å². The summed E-state index contributed by atoms with van der Waals surface area (Å²) >= 11 is 0. The predicted octanol–water partition coefficient (Wildman–Crippen LogP) is 3.32. The number of hydrogen-bond acceptors (Lipinski definition) is 7. The van der Waals surface area contributed by atoms with E-state index >= 15 is 4.39 Å². The fourth-order valence-electron chi connectivity index (χ4n) is 4.54. The van der Waals surface area contributed by atoms with Crippen molar-refractivity contribution in [2.45, 2.75) is 38.3 Å². The number of rotatable bonds is 7. The fourth-order valence-corrected chi connectivity index (χ4v) is 4.54. The molecular weight excluding hydrogens is 496 g/mol. The first-order valence-electron chi connectivity index (χ1n) is 11.6. The van der Waals surface area contributed by atoms with E-state index in [0.29, 0.717) is 23.1 Å². The van der Waals surface area contributed by atoms with Crippen molar-refractivity contribution < 1.29 is 27.1 Å². The summed E-state index contributed by atoms with van der Waals surface area (Å²) in [6.07, 6.45) is 1.35. The van der Waals surface area contributed by atoms with E-state index in [1.165, 1.54) is 18.5 Å². The van der Waals surface area contributed by atoms with Crippen LogP contribution in [0.15, 0.2) is 24.4 Å². The third-order valence-corrected chi connectivity index (χ3v) is 6.40. The van der Waals surface area contributed by atoms with Crippen molar-refractivity contribution in [2.24, 2.45) is 0 Å². The third-order valence-electron chi connectivity index (χ3n) is 6.40. The molecule has 1 N–H and O–H groups in total. The van der Waals surface area contributed by atoms with Gasteiger partial charge in [-0.15, -0.1) is 10.2 Å². The molecule has 4 aromatic rings. The van der Waals surface area contributed by atoms with E-state index < -0.39 is 36.9 Å². The predicted molar refractivity (Wildman–Crippen MR) is 126 cm³/mol. The maximum atomic E-state index is 15.3. The van der Waals surface area contributed by atoms with Crippen LogP contribution in [0.5, 0.6) is 5.88 Å². The van der Waals surface area contributed by atoms with Crippen molar-refractivity contribution in [3.05, 3.63) is 30.2 Å². The van der Waals surface area contributed by atoms with Gasteiger partial charge in [0.1, 0.15) is 11.0 Å². The van der Waals surface area contributed by atoms with Crippen LogP contribution in [-0.2, 0) is 11.3 Å². The van der Waals surface area contributed by atoms with Crippen molar-refractivity contribution in [1.82, 2.24) is 34.5 Å². The summed E-state index contributed by atoms with van der Waals surface area (Å²) in [6.45, 7) is 0.486. The van der Waals surface area contributed by atoms with Gasteiger partial charge >= 0.3 is 0 Å². The molecule has 1 fully saturated rings. The Morgan fingerprint density at radius 1 is 1.32 bits per heavy atom. The molecule has 1 aliphatic heterocycles. The van der Waals surface area contributed by atoms with Gasteiger partial charge in [0.2, 0.25) is 17.7 Å². The van der Waals surface area contributed by atoms with E-state index in [1.807, 2.05) is 0 Å². The Kier molecular flexibility index (Phi) is 6.33. The highest BCUT2D eigenvalue weighted by molar-refractivity contribution is 5.89. The van der Waals surface area contributed by atoms with Crippen LogP contribution in [0.25, 0.3) is 27.7 Å². The van der Waals surface area contributed by atoms with E-state index in [9.17, 15) is 18.0 Å². The van der Waals surface area contributed by atoms with Gasteiger partial charge in [0.15, 0.2) is 5.82 Å². The number of carbonyl (C=O) groups is 1. The Hall–Kier alpha value is -3.97. The molecular formula is C23H24F4N8O2. The number of fused-ring (bicyclic) bond motifs is 2. The number of nitrogens with one attached hydrogen (secondary N) is 1. The maximum absolute atomic E-state index is 15.3. The van der Waals surface area contributed by atoms with Gasteiger partial charge in [-0.05, 0) is 30.5 Å². The summed E-state index contributed by atoms with van der Waals surface area (Å²) < 4.78 is 65.5. The number of benzene rings is 1. The first kappa shape index (κ1) is 24.7. The summed E-state index contributed by atoms with van der Waals surface area (Å²) in [6, 6.07) is 3.68. The van der Waals surface area contributed by atoms with Gasteiger partial charge in [0, 0.05) is 20.0 Å². The normalized spacial score (nSPS) is 17.5. The number of alkyl halides is 3. The fraction of sp³-hybridized carbons (Fsp3) is 0.435. The highest BCUT2D eigenvalue weighted by Gasteiger charge is 2.46. The molecule has 0 spiro atoms. The molecule has 0 radical (unpaired) electrons. The summed E-state index contributed by atoms with van der Waals surface area (Å²) in [4.78, 5) is 16.8. The van der Waals surface area contributed by atoms with Crippen molar-refractivity contribution in [1.29, 1.82) is 0 Å². The zero-order valence-corrected chi connectivity index (χ0v) is 20.1. The van der Waals surface area contributed by atoms with Gasteiger partial charge in [-0.25, -0.2) is 22.4 Å². The number of anilines is 1. The number of amides is 1. The number of aromatic nitrogens is 6. The molecule has 196 valence electrons. The monoisotopic (exact) mass is 520 g/mol. The maximum Gasteiger partial charge on any atom is 0.285 e. The Bertz CT molecular complexity index is 1470. The molecule has 0 unspecified atom stereocenters. The number of hydrogen-bond donors (Lipinski definition) is 1. The van der Waals surface area contributed by atoms with Crippen LogP contribution < -0.4 is 10.1 Å². The molecule has 0 bridgehead atoms. The summed E-state index contributed by atoms with van der Waals surface area (Å²) in [5, 5.41) is 14.9. The molecule has 1 aromatic carbocycles. The number of piperidine rings is 1. The van der Waals surface area contributed by atoms with Gasteiger partial charge in [0.25, 0.3) is 5.92 Å². The SMILES string of the molecule is COc1nc(N[C@@H]2CCN(C(C)=O)CC2(F)F)nn2cc(F)c(-c3ccc4nnn(CCCF)c4c3)c12. The number of halogens is 4. The van der Waals surface area contributed by atoms with Crippen LogP contribution in [0.2, 0.25) is 0 Å². The molecule has 0 aliphatic carbocycles. The van der Waals surface area contributed by atoms with Gasteiger partial charge in [-0.3, -0.25) is 9.18 Å². The molecule has 4 heterocycles. The van der Waals surface area contributed by atoms with Crippen LogP contribution in [0.3, 0.4) is 0 Å². The van der Waals surface area contributed by atoms with Crippen LogP contribution >= 0.6 is 0 Å². The molecule has 14 heteroatoms. The highest BCUT2D eigenvalue weighted by Crippen LogP contribution is 2.36. The topological polar surface area (TPSA) is 102 Å². The quantitative estimate of drug-likeness (QED) is 0.373. The Balaban J connectivity index is 1.51. The van der Waals surface area contributed by atoms with E-state index in [-0.39, 0.29) is 42.3 Å². The van der Waals surface area contributed by atoms with Gasteiger partial charge in [0.05, 0.1) is 43.6 Å². The zero-order chi connectivity index (χ0) is 26.3. The number of aryl methyl sites for hydroxylation is 1. The number of methoxy groups -OCH3 is 1. The van der Waals surface area contributed by atoms with E-state index in [2.05, 4.69) is 25.7 Å². The van der Waals surface area contributed by atoms with E-state index in [0.717, 1.165) is 11.1 Å². The second kappa shape index (κ2) is 9.48. The number of likely N-dealkylation sites (tertiary alicyclic amines) is 1. The largest absolute Gasteiger partial charge is 0.479 e. The van der Waals surface area contributed by atoms with Crippen molar-refractivity contribution in [2.75, 3.05) is 32.2 Å². The van der Waals surface area contributed by atoms with Crippen molar-refractivity contribution in [3.8, 4) is 17.0 Å². The lowest BCUT2D eigenvalue weighted by Crippen LogP contribution is -2.55. The molecule has 0 saturated carbocycles. The second-order valence-corrected chi connectivity index (χ2v) is 8.84. The number of nitrogens with zero attached hydrogens (tertiary/aromatic N) is 7. The van der Waals surface area contributed by atoms with Crippen LogP contribution in [0, 0.1) is 5.82 Å². The third kappa shape index (κ3) is 4.51. The van der Waals surface area contributed by atoms with Gasteiger partial charge < -0.3 is 15.0 Å². The van der Waals surface area contributed by atoms with E-state index in [1.54, 1.807) is 22.9 Å². The lowest BCUT2D eigenvalue weighted by molar-refractivity contribution is -0.140. The minimum absolute atomic E-state index is 0.0221. The minimum Gasteiger partial charge on any atom is -0.479 e. The Morgan fingerprint density at radius 3 is 2.84 bits per heavy atom. The molecule has 1 atom stereocenters. The lowest BCUT2D eigenvalue weighted by atomic mass is 10.0. The van der Waals surface area contributed by atoms with Crippen LogP contribution in [-0.4, -0.2) is 79.2 Å². The van der Waals surface area contributed by atoms with Gasteiger partial charge in [-0.2, -0.15) is 4.98 Å². The zero-order valence-electron chi connectivity index (χ0n) is 20.1. The summed E-state index contributed by atoms with van der Waals surface area (Å²) in [5.74, 6) is -4.48. The molecule has 1 aliphatic rings. The summed E-state index contributed by atoms with van der Waals surface area (Å²) in [7, 11) is 1.33. The molecule has 3 aromatic heterocycles. The number of carbonyl (C=O) groups excluding carboxylic acids is 1. The minimum atomic E-state index is -3.23. The highest BCUT2D eigenvalue weighted by atomic mass is 19.3.